The molecule has 0 spiro atoms. The van der Waals surface area contributed by atoms with Gasteiger partial charge in [-0.05, 0) is 32.6 Å². The van der Waals surface area contributed by atoms with E-state index in [9.17, 15) is 0 Å². The maximum absolute atomic E-state index is 6.04. The molecule has 1 aliphatic carbocycles. The van der Waals surface area contributed by atoms with Gasteiger partial charge in [-0.1, -0.05) is 0 Å². The molecule has 0 amide bonds. The summed E-state index contributed by atoms with van der Waals surface area (Å²) in [5.41, 5.74) is 6.57. The summed E-state index contributed by atoms with van der Waals surface area (Å²) >= 11 is 0. The van der Waals surface area contributed by atoms with Crippen LogP contribution in [-0.4, -0.2) is 29.7 Å². The van der Waals surface area contributed by atoms with Crippen molar-refractivity contribution in [2.45, 2.75) is 32.8 Å². The second-order valence-electron chi connectivity index (χ2n) is 4.91. The second kappa shape index (κ2) is 4.77. The molecule has 0 saturated heterocycles. The molecular formula is C12H20N4O. The molecule has 1 saturated carbocycles. The Balaban J connectivity index is 2.15. The standard InChI is InChI=1S/C12H20N4O/c1-8(2)17-12-10(13)11(14-7-15-12)16(3)6-9-4-5-9/h7-9H,4-6,13H2,1-3H3. The van der Waals surface area contributed by atoms with Crippen LogP contribution in [0.5, 0.6) is 5.88 Å². The summed E-state index contributed by atoms with van der Waals surface area (Å²) in [7, 11) is 2.01. The molecule has 1 aliphatic rings. The summed E-state index contributed by atoms with van der Waals surface area (Å²) in [4.78, 5) is 10.4. The van der Waals surface area contributed by atoms with Crippen molar-refractivity contribution in [1.29, 1.82) is 0 Å². The van der Waals surface area contributed by atoms with Crippen molar-refractivity contribution in [1.82, 2.24) is 9.97 Å². The normalized spacial score (nSPS) is 15.1. The zero-order valence-electron chi connectivity index (χ0n) is 10.7. The number of ether oxygens (including phenoxy) is 1. The van der Waals surface area contributed by atoms with Gasteiger partial charge in [0.1, 0.15) is 12.0 Å². The average Bonchev–Trinajstić information content (AvgIpc) is 3.04. The van der Waals surface area contributed by atoms with E-state index in [0.29, 0.717) is 11.6 Å². The predicted octanol–water partition coefficient (Wildman–Crippen LogP) is 1.69. The smallest absolute Gasteiger partial charge is 0.242 e. The third-order valence-electron chi connectivity index (χ3n) is 2.76. The van der Waals surface area contributed by atoms with E-state index in [1.807, 2.05) is 20.9 Å². The average molecular weight is 236 g/mol. The molecule has 94 valence electrons. The zero-order chi connectivity index (χ0) is 12.4. The molecule has 1 aromatic rings. The molecule has 1 fully saturated rings. The molecule has 0 radical (unpaired) electrons. The highest BCUT2D eigenvalue weighted by Crippen LogP contribution is 2.33. The first-order chi connectivity index (χ1) is 8.08. The van der Waals surface area contributed by atoms with Crippen molar-refractivity contribution < 1.29 is 4.74 Å². The lowest BCUT2D eigenvalue weighted by Gasteiger charge is -2.20. The first-order valence-electron chi connectivity index (χ1n) is 6.06. The summed E-state index contributed by atoms with van der Waals surface area (Å²) in [6.45, 7) is 4.91. The molecule has 17 heavy (non-hydrogen) atoms. The van der Waals surface area contributed by atoms with Crippen molar-refractivity contribution >= 4 is 11.5 Å². The summed E-state index contributed by atoms with van der Waals surface area (Å²) in [5, 5.41) is 0. The van der Waals surface area contributed by atoms with Crippen molar-refractivity contribution in [2.24, 2.45) is 5.92 Å². The van der Waals surface area contributed by atoms with E-state index in [1.165, 1.54) is 19.2 Å². The van der Waals surface area contributed by atoms with Crippen LogP contribution in [0.25, 0.3) is 0 Å². The lowest BCUT2D eigenvalue weighted by atomic mass is 10.3. The van der Waals surface area contributed by atoms with Gasteiger partial charge in [-0.15, -0.1) is 0 Å². The molecule has 0 unspecified atom stereocenters. The third-order valence-corrected chi connectivity index (χ3v) is 2.76. The van der Waals surface area contributed by atoms with Crippen LogP contribution < -0.4 is 15.4 Å². The number of rotatable bonds is 5. The minimum absolute atomic E-state index is 0.0637. The van der Waals surface area contributed by atoms with Crippen molar-refractivity contribution in [2.75, 3.05) is 24.2 Å². The van der Waals surface area contributed by atoms with Crippen LogP contribution in [-0.2, 0) is 0 Å². The predicted molar refractivity (Wildman–Crippen MR) is 68.2 cm³/mol. The molecule has 0 aliphatic heterocycles. The highest BCUT2D eigenvalue weighted by Gasteiger charge is 2.24. The Hall–Kier alpha value is -1.52. The number of nitrogens with two attached hydrogens (primary N) is 1. The number of nitrogens with zero attached hydrogens (tertiary/aromatic N) is 3. The number of aromatic nitrogens is 2. The first kappa shape index (κ1) is 12.0. The lowest BCUT2D eigenvalue weighted by Crippen LogP contribution is -2.23. The van der Waals surface area contributed by atoms with Gasteiger partial charge in [0.2, 0.25) is 5.88 Å². The summed E-state index contributed by atoms with van der Waals surface area (Å²) in [6.07, 6.45) is 4.19. The number of hydrogen-bond acceptors (Lipinski definition) is 5. The fraction of sp³-hybridized carbons (Fsp3) is 0.667. The van der Waals surface area contributed by atoms with Gasteiger partial charge in [-0.2, -0.15) is 4.98 Å². The topological polar surface area (TPSA) is 64.3 Å². The Morgan fingerprint density at radius 3 is 2.76 bits per heavy atom. The first-order valence-corrected chi connectivity index (χ1v) is 6.06. The molecule has 0 bridgehead atoms. The molecule has 1 heterocycles. The Morgan fingerprint density at radius 1 is 1.47 bits per heavy atom. The van der Waals surface area contributed by atoms with Crippen LogP contribution in [0.2, 0.25) is 0 Å². The second-order valence-corrected chi connectivity index (χ2v) is 4.91. The van der Waals surface area contributed by atoms with Crippen LogP contribution in [0.4, 0.5) is 11.5 Å². The highest BCUT2D eigenvalue weighted by molar-refractivity contribution is 5.67. The molecule has 2 N–H and O–H groups in total. The fourth-order valence-electron chi connectivity index (χ4n) is 1.77. The maximum Gasteiger partial charge on any atom is 0.242 e. The Bertz CT molecular complexity index is 390. The van der Waals surface area contributed by atoms with Crippen LogP contribution in [0.3, 0.4) is 0 Å². The van der Waals surface area contributed by atoms with Gasteiger partial charge in [0.25, 0.3) is 0 Å². The fourth-order valence-corrected chi connectivity index (χ4v) is 1.77. The van der Waals surface area contributed by atoms with E-state index < -0.39 is 0 Å². The van der Waals surface area contributed by atoms with Gasteiger partial charge in [-0.3, -0.25) is 0 Å². The van der Waals surface area contributed by atoms with Crippen LogP contribution in [0.1, 0.15) is 26.7 Å². The zero-order valence-corrected chi connectivity index (χ0v) is 10.7. The van der Waals surface area contributed by atoms with Crippen LogP contribution >= 0.6 is 0 Å². The van der Waals surface area contributed by atoms with Gasteiger partial charge >= 0.3 is 0 Å². The molecule has 2 rings (SSSR count). The van der Waals surface area contributed by atoms with Gasteiger partial charge in [0.15, 0.2) is 5.82 Å². The Morgan fingerprint density at radius 2 is 2.18 bits per heavy atom. The summed E-state index contributed by atoms with van der Waals surface area (Å²) in [5.74, 6) is 2.04. The Kier molecular flexibility index (Phi) is 3.36. The molecule has 0 atom stereocenters. The number of anilines is 2. The summed E-state index contributed by atoms with van der Waals surface area (Å²) < 4.78 is 5.55. The quantitative estimate of drug-likeness (QED) is 0.842. The van der Waals surface area contributed by atoms with Gasteiger partial charge < -0.3 is 15.4 Å². The van der Waals surface area contributed by atoms with Gasteiger partial charge in [0, 0.05) is 13.6 Å². The van der Waals surface area contributed by atoms with E-state index >= 15 is 0 Å². The largest absolute Gasteiger partial charge is 0.473 e. The van der Waals surface area contributed by atoms with Gasteiger partial charge in [0.05, 0.1) is 6.10 Å². The third kappa shape index (κ3) is 2.99. The Labute approximate surface area is 102 Å². The van der Waals surface area contributed by atoms with E-state index in [4.69, 9.17) is 10.5 Å². The molecule has 0 aromatic carbocycles. The van der Waals surface area contributed by atoms with Crippen molar-refractivity contribution in [3.63, 3.8) is 0 Å². The molecule has 5 heteroatoms. The highest BCUT2D eigenvalue weighted by atomic mass is 16.5. The van der Waals surface area contributed by atoms with E-state index in [-0.39, 0.29) is 6.10 Å². The SMILES string of the molecule is CC(C)Oc1ncnc(N(C)CC2CC2)c1N. The molecule has 1 aromatic heterocycles. The molecule has 5 nitrogen and oxygen atoms in total. The van der Waals surface area contributed by atoms with E-state index in [0.717, 1.165) is 18.3 Å². The van der Waals surface area contributed by atoms with Crippen molar-refractivity contribution in [3.8, 4) is 5.88 Å². The maximum atomic E-state index is 6.04. The minimum atomic E-state index is 0.0637. The minimum Gasteiger partial charge on any atom is -0.473 e. The van der Waals surface area contributed by atoms with Gasteiger partial charge in [-0.25, -0.2) is 4.98 Å². The lowest BCUT2D eigenvalue weighted by molar-refractivity contribution is 0.234. The van der Waals surface area contributed by atoms with Crippen LogP contribution in [0, 0.1) is 5.92 Å². The van der Waals surface area contributed by atoms with E-state index in [1.54, 1.807) is 0 Å². The summed E-state index contributed by atoms with van der Waals surface area (Å²) in [6, 6.07) is 0. The monoisotopic (exact) mass is 236 g/mol. The van der Waals surface area contributed by atoms with E-state index in [2.05, 4.69) is 14.9 Å². The van der Waals surface area contributed by atoms with Crippen molar-refractivity contribution in [3.05, 3.63) is 6.33 Å². The molecular weight excluding hydrogens is 216 g/mol. The van der Waals surface area contributed by atoms with Crippen LogP contribution in [0.15, 0.2) is 6.33 Å². The number of nitrogen functional groups attached to an aromatic ring is 1. The number of hydrogen-bond donors (Lipinski definition) is 1.